The molecule has 0 unspecified atom stereocenters. The fourth-order valence-corrected chi connectivity index (χ4v) is 9.81. The fraction of sp³-hybridized carbons (Fsp3) is 0.0566. The van der Waals surface area contributed by atoms with Crippen LogP contribution in [0.15, 0.2) is 176 Å². The molecule has 0 spiro atoms. The summed E-state index contributed by atoms with van der Waals surface area (Å²) < 4.78 is 2.38. The maximum atomic E-state index is 5.61. The van der Waals surface area contributed by atoms with Crippen LogP contribution >= 0.6 is 0 Å². The Bertz CT molecular complexity index is 3440. The molecular formula is C53H35N3. The number of para-hydroxylation sites is 1. The Kier molecular flexibility index (Phi) is 6.40. The zero-order valence-electron chi connectivity index (χ0n) is 31.1. The molecule has 0 saturated heterocycles. The van der Waals surface area contributed by atoms with Crippen LogP contribution in [0.1, 0.15) is 25.0 Å². The van der Waals surface area contributed by atoms with Crippen molar-refractivity contribution in [2.45, 2.75) is 19.3 Å². The number of hydrogen-bond acceptors (Lipinski definition) is 2. The predicted octanol–water partition coefficient (Wildman–Crippen LogP) is 13.8. The van der Waals surface area contributed by atoms with Gasteiger partial charge in [-0.05, 0) is 61.5 Å². The molecule has 11 aromatic rings. The van der Waals surface area contributed by atoms with Crippen LogP contribution < -0.4 is 0 Å². The highest BCUT2D eigenvalue weighted by Crippen LogP contribution is 2.51. The van der Waals surface area contributed by atoms with Gasteiger partial charge in [0.15, 0.2) is 0 Å². The van der Waals surface area contributed by atoms with E-state index >= 15 is 0 Å². The Morgan fingerprint density at radius 1 is 0.411 bits per heavy atom. The zero-order valence-corrected chi connectivity index (χ0v) is 31.1. The van der Waals surface area contributed by atoms with Crippen LogP contribution in [0, 0.1) is 0 Å². The smallest absolute Gasteiger partial charge is 0.235 e. The molecule has 0 bridgehead atoms. The van der Waals surface area contributed by atoms with Crippen LogP contribution in [0.4, 0.5) is 0 Å². The first-order chi connectivity index (χ1) is 27.6. The average molecular weight is 714 g/mol. The molecule has 0 N–H and O–H groups in total. The monoisotopic (exact) mass is 713 g/mol. The zero-order chi connectivity index (χ0) is 37.1. The summed E-state index contributed by atoms with van der Waals surface area (Å²) in [6, 6.07) is 64.0. The first-order valence-electron chi connectivity index (χ1n) is 19.4. The second-order valence-electron chi connectivity index (χ2n) is 15.7. The Morgan fingerprint density at radius 3 is 1.89 bits per heavy atom. The lowest BCUT2D eigenvalue weighted by Gasteiger charge is -2.21. The van der Waals surface area contributed by atoms with Crippen LogP contribution in [0.5, 0.6) is 0 Å². The molecule has 0 fully saturated rings. The van der Waals surface area contributed by atoms with Gasteiger partial charge in [-0.1, -0.05) is 178 Å². The molecule has 2 aromatic heterocycles. The third kappa shape index (κ3) is 4.23. The molecule has 3 nitrogen and oxygen atoms in total. The second-order valence-corrected chi connectivity index (χ2v) is 15.7. The second kappa shape index (κ2) is 11.5. The van der Waals surface area contributed by atoms with E-state index in [1.165, 1.54) is 60.1 Å². The van der Waals surface area contributed by atoms with Crippen molar-refractivity contribution < 1.29 is 0 Å². The minimum Gasteiger partial charge on any atom is -0.277 e. The van der Waals surface area contributed by atoms with Crippen molar-refractivity contribution in [1.29, 1.82) is 0 Å². The van der Waals surface area contributed by atoms with E-state index in [0.717, 1.165) is 49.5 Å². The van der Waals surface area contributed by atoms with Crippen molar-refractivity contribution >= 4 is 65.0 Å². The van der Waals surface area contributed by atoms with Gasteiger partial charge in [-0.25, -0.2) is 9.97 Å². The van der Waals surface area contributed by atoms with Crippen molar-refractivity contribution in [3.8, 4) is 39.5 Å². The number of rotatable bonds is 3. The lowest BCUT2D eigenvalue weighted by molar-refractivity contribution is 0.660. The first-order valence-corrected chi connectivity index (χ1v) is 19.4. The molecule has 1 aliphatic rings. The van der Waals surface area contributed by atoms with E-state index in [0.29, 0.717) is 5.95 Å². The van der Waals surface area contributed by atoms with E-state index in [1.54, 1.807) is 0 Å². The van der Waals surface area contributed by atoms with Gasteiger partial charge in [0.2, 0.25) is 5.95 Å². The number of fused-ring (bicyclic) bond motifs is 14. The van der Waals surface area contributed by atoms with Gasteiger partial charge in [-0.2, -0.15) is 0 Å². The summed E-state index contributed by atoms with van der Waals surface area (Å²) in [5.74, 6) is 0.660. The summed E-state index contributed by atoms with van der Waals surface area (Å²) in [7, 11) is 0. The first kappa shape index (κ1) is 31.3. The Hall–Kier alpha value is -7.10. The highest BCUT2D eigenvalue weighted by molar-refractivity contribution is 6.33. The SMILES string of the molecule is CC1(C)c2ccccc2-c2cc(-c3cccc4c5c6ccccc6c6ccccc6c5n(-c5nc(-c6ccccc6)c6ccc7ccccc7c6n5)c34)ccc21. The van der Waals surface area contributed by atoms with E-state index in [4.69, 9.17) is 9.97 Å². The molecular weight excluding hydrogens is 679 g/mol. The van der Waals surface area contributed by atoms with Crippen molar-refractivity contribution in [3.63, 3.8) is 0 Å². The minimum absolute atomic E-state index is 0.0707. The molecule has 2 heterocycles. The summed E-state index contributed by atoms with van der Waals surface area (Å²) in [6.45, 7) is 4.69. The van der Waals surface area contributed by atoms with Gasteiger partial charge < -0.3 is 0 Å². The van der Waals surface area contributed by atoms with Gasteiger partial charge in [-0.15, -0.1) is 0 Å². The van der Waals surface area contributed by atoms with Crippen LogP contribution in [0.25, 0.3) is 104 Å². The number of benzene rings is 9. The van der Waals surface area contributed by atoms with E-state index in [2.05, 4.69) is 194 Å². The third-order valence-electron chi connectivity index (χ3n) is 12.4. The van der Waals surface area contributed by atoms with Gasteiger partial charge in [0, 0.05) is 43.5 Å². The van der Waals surface area contributed by atoms with Crippen molar-refractivity contribution in [2.24, 2.45) is 0 Å². The van der Waals surface area contributed by atoms with Crippen LogP contribution in [-0.2, 0) is 5.41 Å². The molecule has 12 rings (SSSR count). The molecule has 9 aromatic carbocycles. The summed E-state index contributed by atoms with van der Waals surface area (Å²) >= 11 is 0. The normalized spacial score (nSPS) is 13.3. The Labute approximate surface area is 324 Å². The molecule has 0 radical (unpaired) electrons. The van der Waals surface area contributed by atoms with E-state index < -0.39 is 0 Å². The molecule has 3 heteroatoms. The third-order valence-corrected chi connectivity index (χ3v) is 12.4. The molecule has 0 saturated carbocycles. The van der Waals surface area contributed by atoms with Crippen LogP contribution in [0.3, 0.4) is 0 Å². The van der Waals surface area contributed by atoms with Crippen molar-refractivity contribution in [3.05, 3.63) is 187 Å². The van der Waals surface area contributed by atoms with Crippen LogP contribution in [0.2, 0.25) is 0 Å². The summed E-state index contributed by atoms with van der Waals surface area (Å²) in [5.41, 5.74) is 12.8. The summed E-state index contributed by atoms with van der Waals surface area (Å²) in [6.07, 6.45) is 0. The lowest BCUT2D eigenvalue weighted by Crippen LogP contribution is -2.14. The van der Waals surface area contributed by atoms with E-state index in [1.807, 2.05) is 0 Å². The quantitative estimate of drug-likeness (QED) is 0.171. The Morgan fingerprint density at radius 2 is 1.05 bits per heavy atom. The molecule has 0 amide bonds. The number of nitrogens with zero attached hydrogens (tertiary/aromatic N) is 3. The summed E-state index contributed by atoms with van der Waals surface area (Å²) in [5, 5.41) is 10.6. The van der Waals surface area contributed by atoms with E-state index in [9.17, 15) is 0 Å². The van der Waals surface area contributed by atoms with Gasteiger partial charge >= 0.3 is 0 Å². The molecule has 0 aliphatic heterocycles. The summed E-state index contributed by atoms with van der Waals surface area (Å²) in [4.78, 5) is 11.2. The molecule has 262 valence electrons. The lowest BCUT2D eigenvalue weighted by atomic mass is 9.82. The topological polar surface area (TPSA) is 30.7 Å². The highest BCUT2D eigenvalue weighted by atomic mass is 15.2. The molecule has 56 heavy (non-hydrogen) atoms. The van der Waals surface area contributed by atoms with E-state index in [-0.39, 0.29) is 5.41 Å². The number of hydrogen-bond donors (Lipinski definition) is 0. The standard InChI is InChI=1S/C53H35N3/c1-53(2)45-26-13-12-21-39(45)44-31-34(28-30-46(44)53)36-24-14-25-42-47-40-22-10-8-19-37(40)38-20-9-11-23-41(38)51(47)56(50(36)42)52-54-48(33-16-4-3-5-17-33)43-29-27-32-15-6-7-18-35(32)49(43)55-52/h3-31H,1-2H3. The van der Waals surface area contributed by atoms with Gasteiger partial charge in [0.05, 0.1) is 22.2 Å². The van der Waals surface area contributed by atoms with Gasteiger partial charge in [0.25, 0.3) is 0 Å². The molecule has 1 aliphatic carbocycles. The fourth-order valence-electron chi connectivity index (χ4n) is 9.81. The van der Waals surface area contributed by atoms with Gasteiger partial charge in [0.1, 0.15) is 0 Å². The molecule has 0 atom stereocenters. The maximum absolute atomic E-state index is 5.61. The van der Waals surface area contributed by atoms with Crippen LogP contribution in [-0.4, -0.2) is 14.5 Å². The number of aromatic nitrogens is 3. The largest absolute Gasteiger partial charge is 0.277 e. The maximum Gasteiger partial charge on any atom is 0.235 e. The minimum atomic E-state index is -0.0707. The average Bonchev–Trinajstić information content (AvgIpc) is 3.73. The van der Waals surface area contributed by atoms with Crippen molar-refractivity contribution in [2.75, 3.05) is 0 Å². The van der Waals surface area contributed by atoms with Gasteiger partial charge in [-0.3, -0.25) is 4.57 Å². The predicted molar refractivity (Wildman–Crippen MR) is 235 cm³/mol. The van der Waals surface area contributed by atoms with Crippen molar-refractivity contribution in [1.82, 2.24) is 14.5 Å². The Balaban J connectivity index is 1.28. The highest BCUT2D eigenvalue weighted by Gasteiger charge is 2.35.